The SMILES string of the molecule is CCCNC1CCCCCC1N1CCN(CC)CC1. The summed E-state index contributed by atoms with van der Waals surface area (Å²) >= 11 is 0. The molecule has 3 heteroatoms. The third-order valence-electron chi connectivity index (χ3n) is 4.96. The maximum atomic E-state index is 3.83. The minimum absolute atomic E-state index is 0.746. The Morgan fingerprint density at radius 3 is 2.37 bits per heavy atom. The van der Waals surface area contributed by atoms with Crippen molar-refractivity contribution in [1.82, 2.24) is 15.1 Å². The largest absolute Gasteiger partial charge is 0.312 e. The fourth-order valence-electron chi connectivity index (χ4n) is 3.70. The Hall–Kier alpha value is -0.120. The molecule has 1 N–H and O–H groups in total. The van der Waals surface area contributed by atoms with Gasteiger partial charge in [0.15, 0.2) is 0 Å². The van der Waals surface area contributed by atoms with Crippen molar-refractivity contribution in [2.24, 2.45) is 0 Å². The van der Waals surface area contributed by atoms with Crippen molar-refractivity contribution in [3.63, 3.8) is 0 Å². The molecule has 112 valence electrons. The zero-order valence-electron chi connectivity index (χ0n) is 13.0. The van der Waals surface area contributed by atoms with Crippen molar-refractivity contribution in [2.45, 2.75) is 64.5 Å². The summed E-state index contributed by atoms with van der Waals surface area (Å²) in [7, 11) is 0. The predicted molar refractivity (Wildman–Crippen MR) is 82.6 cm³/mol. The van der Waals surface area contributed by atoms with Gasteiger partial charge in [-0.1, -0.05) is 33.1 Å². The first kappa shape index (κ1) is 15.3. The Labute approximate surface area is 119 Å². The summed E-state index contributed by atoms with van der Waals surface area (Å²) < 4.78 is 0. The Bertz CT molecular complexity index is 236. The number of nitrogens with one attached hydrogen (secondary N) is 1. The number of piperazine rings is 1. The minimum Gasteiger partial charge on any atom is -0.312 e. The predicted octanol–water partition coefficient (Wildman–Crippen LogP) is 2.32. The lowest BCUT2D eigenvalue weighted by Crippen LogP contribution is -2.56. The molecule has 0 amide bonds. The smallest absolute Gasteiger partial charge is 0.0250 e. The van der Waals surface area contributed by atoms with Crippen LogP contribution in [0.5, 0.6) is 0 Å². The maximum absolute atomic E-state index is 3.83. The van der Waals surface area contributed by atoms with E-state index in [0.29, 0.717) is 0 Å². The zero-order chi connectivity index (χ0) is 13.5. The average Bonchev–Trinajstić information content (AvgIpc) is 2.70. The fraction of sp³-hybridized carbons (Fsp3) is 1.00. The standard InChI is InChI=1S/C16H33N3/c1-3-10-17-15-8-6-5-7-9-16(15)19-13-11-18(4-2)12-14-19/h15-17H,3-14H2,1-2H3. The Kier molecular flexibility index (Phi) is 6.62. The summed E-state index contributed by atoms with van der Waals surface area (Å²) in [5, 5.41) is 3.83. The van der Waals surface area contributed by atoms with Crippen LogP contribution >= 0.6 is 0 Å². The van der Waals surface area contributed by atoms with E-state index in [0.717, 1.165) is 12.1 Å². The summed E-state index contributed by atoms with van der Waals surface area (Å²) in [6.45, 7) is 12.1. The van der Waals surface area contributed by atoms with Crippen molar-refractivity contribution in [3.05, 3.63) is 0 Å². The van der Waals surface area contributed by atoms with Crippen molar-refractivity contribution in [3.8, 4) is 0 Å². The van der Waals surface area contributed by atoms with E-state index in [9.17, 15) is 0 Å². The molecule has 2 fully saturated rings. The molecule has 0 aromatic rings. The van der Waals surface area contributed by atoms with Crippen LogP contribution in [-0.2, 0) is 0 Å². The molecule has 19 heavy (non-hydrogen) atoms. The van der Waals surface area contributed by atoms with E-state index < -0.39 is 0 Å². The van der Waals surface area contributed by atoms with E-state index in [1.165, 1.54) is 77.8 Å². The first-order chi connectivity index (χ1) is 9.35. The summed E-state index contributed by atoms with van der Waals surface area (Å²) in [4.78, 5) is 5.37. The molecule has 2 unspecified atom stereocenters. The number of nitrogens with zero attached hydrogens (tertiary/aromatic N) is 2. The van der Waals surface area contributed by atoms with E-state index in [-0.39, 0.29) is 0 Å². The highest BCUT2D eigenvalue weighted by Gasteiger charge is 2.30. The van der Waals surface area contributed by atoms with Crippen molar-refractivity contribution >= 4 is 0 Å². The van der Waals surface area contributed by atoms with E-state index in [4.69, 9.17) is 0 Å². The zero-order valence-corrected chi connectivity index (χ0v) is 13.0. The first-order valence-electron chi connectivity index (χ1n) is 8.55. The minimum atomic E-state index is 0.746. The second kappa shape index (κ2) is 8.23. The van der Waals surface area contributed by atoms with Gasteiger partial charge in [-0.15, -0.1) is 0 Å². The summed E-state index contributed by atoms with van der Waals surface area (Å²) in [6.07, 6.45) is 8.35. The van der Waals surface area contributed by atoms with Crippen LogP contribution in [0.2, 0.25) is 0 Å². The van der Waals surface area contributed by atoms with Gasteiger partial charge in [-0.3, -0.25) is 4.90 Å². The quantitative estimate of drug-likeness (QED) is 0.771. The lowest BCUT2D eigenvalue weighted by molar-refractivity contribution is 0.0773. The van der Waals surface area contributed by atoms with Gasteiger partial charge in [-0.2, -0.15) is 0 Å². The number of hydrogen-bond donors (Lipinski definition) is 1. The number of rotatable bonds is 5. The van der Waals surface area contributed by atoms with E-state index in [1.807, 2.05) is 0 Å². The molecule has 1 saturated heterocycles. The molecule has 0 radical (unpaired) electrons. The molecule has 0 spiro atoms. The van der Waals surface area contributed by atoms with Gasteiger partial charge >= 0.3 is 0 Å². The van der Waals surface area contributed by atoms with Gasteiger partial charge in [-0.25, -0.2) is 0 Å². The number of likely N-dealkylation sites (N-methyl/N-ethyl adjacent to an activating group) is 1. The highest BCUT2D eigenvalue weighted by atomic mass is 15.3. The van der Waals surface area contributed by atoms with E-state index >= 15 is 0 Å². The van der Waals surface area contributed by atoms with Gasteiger partial charge in [0.25, 0.3) is 0 Å². The van der Waals surface area contributed by atoms with Gasteiger partial charge in [0.1, 0.15) is 0 Å². The monoisotopic (exact) mass is 267 g/mol. The van der Waals surface area contributed by atoms with Gasteiger partial charge in [0.2, 0.25) is 0 Å². The summed E-state index contributed by atoms with van der Waals surface area (Å²) in [6, 6.07) is 1.55. The lowest BCUT2D eigenvalue weighted by atomic mass is 10.00. The van der Waals surface area contributed by atoms with Crippen LogP contribution in [0.1, 0.15) is 52.4 Å². The molecule has 0 bridgehead atoms. The molecule has 0 aromatic carbocycles. The molecule has 1 heterocycles. The van der Waals surface area contributed by atoms with Gasteiger partial charge in [-0.05, 0) is 32.4 Å². The third kappa shape index (κ3) is 4.44. The normalized spacial score (nSPS) is 31.3. The molecule has 2 aliphatic rings. The summed E-state index contributed by atoms with van der Waals surface area (Å²) in [5.74, 6) is 0. The number of hydrogen-bond acceptors (Lipinski definition) is 3. The summed E-state index contributed by atoms with van der Waals surface area (Å²) in [5.41, 5.74) is 0. The molecular weight excluding hydrogens is 234 g/mol. The van der Waals surface area contributed by atoms with Crippen molar-refractivity contribution < 1.29 is 0 Å². The van der Waals surface area contributed by atoms with Crippen LogP contribution in [0.4, 0.5) is 0 Å². The molecule has 1 aliphatic heterocycles. The van der Waals surface area contributed by atoms with Crippen molar-refractivity contribution in [1.29, 1.82) is 0 Å². The van der Waals surface area contributed by atoms with Gasteiger partial charge in [0.05, 0.1) is 0 Å². The third-order valence-corrected chi connectivity index (χ3v) is 4.96. The van der Waals surface area contributed by atoms with Crippen molar-refractivity contribution in [2.75, 3.05) is 39.3 Å². The molecular formula is C16H33N3. The average molecular weight is 267 g/mol. The molecule has 3 nitrogen and oxygen atoms in total. The van der Waals surface area contributed by atoms with Gasteiger partial charge < -0.3 is 10.2 Å². The second-order valence-electron chi connectivity index (χ2n) is 6.24. The van der Waals surface area contributed by atoms with Gasteiger partial charge in [0, 0.05) is 38.3 Å². The van der Waals surface area contributed by atoms with Crippen LogP contribution in [0.3, 0.4) is 0 Å². The molecule has 1 aliphatic carbocycles. The van der Waals surface area contributed by atoms with Crippen LogP contribution in [0, 0.1) is 0 Å². The van der Waals surface area contributed by atoms with Crippen LogP contribution in [0.15, 0.2) is 0 Å². The molecule has 2 atom stereocenters. The lowest BCUT2D eigenvalue weighted by Gasteiger charge is -2.42. The maximum Gasteiger partial charge on any atom is 0.0250 e. The topological polar surface area (TPSA) is 18.5 Å². The Morgan fingerprint density at radius 2 is 1.68 bits per heavy atom. The first-order valence-corrected chi connectivity index (χ1v) is 8.55. The highest BCUT2D eigenvalue weighted by Crippen LogP contribution is 2.23. The van der Waals surface area contributed by atoms with E-state index in [2.05, 4.69) is 29.0 Å². The molecule has 2 rings (SSSR count). The van der Waals surface area contributed by atoms with Crippen LogP contribution in [0.25, 0.3) is 0 Å². The second-order valence-corrected chi connectivity index (χ2v) is 6.24. The highest BCUT2D eigenvalue weighted by molar-refractivity contribution is 4.89. The molecule has 1 saturated carbocycles. The van der Waals surface area contributed by atoms with Crippen LogP contribution < -0.4 is 5.32 Å². The fourth-order valence-corrected chi connectivity index (χ4v) is 3.70. The molecule has 0 aromatic heterocycles. The Morgan fingerprint density at radius 1 is 0.947 bits per heavy atom. The Balaban J connectivity index is 1.89. The van der Waals surface area contributed by atoms with E-state index in [1.54, 1.807) is 0 Å². The van der Waals surface area contributed by atoms with Crippen LogP contribution in [-0.4, -0.2) is 61.2 Å².